The fourth-order valence-corrected chi connectivity index (χ4v) is 6.57. The number of likely N-dealkylation sites (tertiary alicyclic amines) is 2. The van der Waals surface area contributed by atoms with Crippen LogP contribution in [0, 0.1) is 34.3 Å². The van der Waals surface area contributed by atoms with Crippen LogP contribution in [0.4, 0.5) is 8.78 Å². The van der Waals surface area contributed by atoms with E-state index in [1.54, 1.807) is 11.1 Å². The number of rotatable bonds is 6. The molecule has 5 aromatic rings. The number of aromatic amines is 1. The molecule has 2 aromatic carbocycles. The van der Waals surface area contributed by atoms with Crippen LogP contribution in [0.15, 0.2) is 67.4 Å². The highest BCUT2D eigenvalue weighted by atomic mass is 19.1. The van der Waals surface area contributed by atoms with Gasteiger partial charge >= 0.3 is 0 Å². The molecule has 2 saturated heterocycles. The molecule has 0 radical (unpaired) electrons. The van der Waals surface area contributed by atoms with E-state index < -0.39 is 17.2 Å². The Labute approximate surface area is 257 Å². The molecule has 45 heavy (non-hydrogen) atoms. The fourth-order valence-electron chi connectivity index (χ4n) is 6.57. The van der Waals surface area contributed by atoms with Crippen molar-refractivity contribution in [1.29, 1.82) is 10.5 Å². The number of nitrogens with zero attached hydrogens (tertiary/aromatic N) is 8. The molecule has 3 aromatic heterocycles. The largest absolute Gasteiger partial charge is 0.346 e. The number of benzene rings is 2. The summed E-state index contributed by atoms with van der Waals surface area (Å²) in [5, 5.41) is 24.3. The van der Waals surface area contributed by atoms with E-state index in [4.69, 9.17) is 5.26 Å². The van der Waals surface area contributed by atoms with Gasteiger partial charge < -0.3 is 9.88 Å². The quantitative estimate of drug-likeness (QED) is 0.293. The Morgan fingerprint density at radius 2 is 1.87 bits per heavy atom. The number of piperidine rings is 1. The van der Waals surface area contributed by atoms with Gasteiger partial charge in [-0.1, -0.05) is 6.07 Å². The minimum absolute atomic E-state index is 0.0920. The number of fused-ring (bicyclic) bond motifs is 1. The van der Waals surface area contributed by atoms with Crippen LogP contribution in [0.25, 0.3) is 33.4 Å². The Kier molecular flexibility index (Phi) is 7.07. The number of hydrogen-bond donors (Lipinski definition) is 1. The monoisotopic (exact) mass is 603 g/mol. The third-order valence-corrected chi connectivity index (χ3v) is 8.92. The number of aromatic nitrogens is 5. The van der Waals surface area contributed by atoms with Gasteiger partial charge in [-0.3, -0.25) is 14.4 Å². The number of halogens is 2. The summed E-state index contributed by atoms with van der Waals surface area (Å²) in [6, 6.07) is 14.2. The molecule has 7 rings (SSSR count). The van der Waals surface area contributed by atoms with Crippen LogP contribution in [-0.4, -0.2) is 72.7 Å². The predicted octanol–water partition coefficient (Wildman–Crippen LogP) is 4.87. The number of amides is 1. The lowest BCUT2D eigenvalue weighted by Gasteiger charge is -2.53. The molecular formula is C33H27F2N9O. The lowest BCUT2D eigenvalue weighted by Crippen LogP contribution is -2.66. The lowest BCUT2D eigenvalue weighted by atomic mass is 9.83. The van der Waals surface area contributed by atoms with Gasteiger partial charge in [0.2, 0.25) is 0 Å². The van der Waals surface area contributed by atoms with E-state index in [-0.39, 0.29) is 34.2 Å². The molecule has 0 saturated carbocycles. The molecule has 1 amide bonds. The summed E-state index contributed by atoms with van der Waals surface area (Å²) in [4.78, 5) is 29.1. The van der Waals surface area contributed by atoms with Gasteiger partial charge in [0.05, 0.1) is 36.0 Å². The van der Waals surface area contributed by atoms with Crippen molar-refractivity contribution in [3.63, 3.8) is 0 Å². The molecule has 1 N–H and O–H groups in total. The molecule has 5 heterocycles. The van der Waals surface area contributed by atoms with Crippen LogP contribution in [0.5, 0.6) is 0 Å². The van der Waals surface area contributed by atoms with Gasteiger partial charge in [-0.25, -0.2) is 18.7 Å². The molecule has 224 valence electrons. The summed E-state index contributed by atoms with van der Waals surface area (Å²) in [7, 11) is 0. The van der Waals surface area contributed by atoms with Crippen molar-refractivity contribution in [3.05, 3.63) is 90.1 Å². The molecule has 10 nitrogen and oxygen atoms in total. The maximum Gasteiger partial charge on any atom is 0.253 e. The van der Waals surface area contributed by atoms with E-state index in [1.165, 1.54) is 30.6 Å². The summed E-state index contributed by atoms with van der Waals surface area (Å²) < 4.78 is 30.9. The minimum atomic E-state index is -0.654. The van der Waals surface area contributed by atoms with Crippen molar-refractivity contribution in [3.8, 4) is 34.5 Å². The van der Waals surface area contributed by atoms with E-state index in [1.807, 2.05) is 29.2 Å². The average molecular weight is 604 g/mol. The topological polar surface area (TPSA) is 131 Å². The molecule has 0 bridgehead atoms. The van der Waals surface area contributed by atoms with Gasteiger partial charge in [-0.05, 0) is 54.8 Å². The van der Waals surface area contributed by atoms with Crippen LogP contribution in [0.3, 0.4) is 0 Å². The summed E-state index contributed by atoms with van der Waals surface area (Å²) >= 11 is 0. The summed E-state index contributed by atoms with van der Waals surface area (Å²) in [6.45, 7) is 2.39. The second-order valence-electron chi connectivity index (χ2n) is 11.7. The van der Waals surface area contributed by atoms with Crippen LogP contribution < -0.4 is 0 Å². The summed E-state index contributed by atoms with van der Waals surface area (Å²) in [5.41, 5.74) is 2.62. The second-order valence-corrected chi connectivity index (χ2v) is 11.7. The normalized spacial score (nSPS) is 16.7. The number of carbonyl (C=O) groups excluding carboxylic acids is 1. The molecule has 2 fully saturated rings. The highest BCUT2D eigenvalue weighted by Gasteiger charge is 2.48. The summed E-state index contributed by atoms with van der Waals surface area (Å²) in [6.07, 6.45) is 8.90. The van der Waals surface area contributed by atoms with E-state index >= 15 is 4.39 Å². The first kappa shape index (κ1) is 28.3. The fraction of sp³-hybridized carbons (Fsp3) is 0.273. The van der Waals surface area contributed by atoms with E-state index in [9.17, 15) is 14.4 Å². The first-order chi connectivity index (χ1) is 21.9. The molecule has 0 spiro atoms. The van der Waals surface area contributed by atoms with Crippen molar-refractivity contribution >= 4 is 16.9 Å². The Morgan fingerprint density at radius 3 is 2.62 bits per heavy atom. The minimum Gasteiger partial charge on any atom is -0.346 e. The van der Waals surface area contributed by atoms with Gasteiger partial charge in [-0.15, -0.1) is 0 Å². The van der Waals surface area contributed by atoms with E-state index in [2.05, 4.69) is 31.0 Å². The molecule has 2 aliphatic rings. The maximum absolute atomic E-state index is 15.1. The van der Waals surface area contributed by atoms with Crippen molar-refractivity contribution in [1.82, 2.24) is 34.5 Å². The standard InChI is InChI=1S/C33H27F2N9O/c34-25-12-21(15-37)11-23(13-25)27-2-1-22(14-29(27)35)32(45)42-9-4-26(5-10-42)43-18-33(19-43,6-7-36)44-17-24(16-41-44)30-28-3-8-38-31(28)40-20-39-30/h1-3,8,11-14,16-17,20,26H,4-6,9-10,18-19H2,(H,38,39,40). The van der Waals surface area contributed by atoms with Crippen molar-refractivity contribution in [2.45, 2.75) is 30.8 Å². The van der Waals surface area contributed by atoms with Gasteiger partial charge in [0.25, 0.3) is 5.91 Å². The number of carbonyl (C=O) groups is 1. The molecule has 2 aliphatic heterocycles. The van der Waals surface area contributed by atoms with Crippen molar-refractivity contribution < 1.29 is 13.6 Å². The zero-order chi connectivity index (χ0) is 31.1. The van der Waals surface area contributed by atoms with Crippen LogP contribution in [0.1, 0.15) is 35.2 Å². The van der Waals surface area contributed by atoms with Gasteiger partial charge in [0.15, 0.2) is 0 Å². The third-order valence-electron chi connectivity index (χ3n) is 8.92. The predicted molar refractivity (Wildman–Crippen MR) is 160 cm³/mol. The van der Waals surface area contributed by atoms with Crippen LogP contribution >= 0.6 is 0 Å². The highest BCUT2D eigenvalue weighted by molar-refractivity contribution is 5.95. The maximum atomic E-state index is 15.1. The Morgan fingerprint density at radius 1 is 1.04 bits per heavy atom. The Bertz CT molecular complexity index is 2010. The first-order valence-corrected chi connectivity index (χ1v) is 14.6. The second kappa shape index (κ2) is 11.2. The smallest absolute Gasteiger partial charge is 0.253 e. The number of H-pyrrole nitrogens is 1. The van der Waals surface area contributed by atoms with Gasteiger partial charge in [0, 0.05) is 66.7 Å². The third kappa shape index (κ3) is 5.09. The molecule has 0 aliphatic carbocycles. The van der Waals surface area contributed by atoms with Crippen LogP contribution in [-0.2, 0) is 5.54 Å². The number of nitriles is 2. The Hall–Kier alpha value is -5.46. The van der Waals surface area contributed by atoms with E-state index in [0.29, 0.717) is 32.6 Å². The van der Waals surface area contributed by atoms with E-state index in [0.717, 1.165) is 47.3 Å². The highest BCUT2D eigenvalue weighted by Crippen LogP contribution is 2.37. The van der Waals surface area contributed by atoms with Crippen LogP contribution in [0.2, 0.25) is 0 Å². The zero-order valence-corrected chi connectivity index (χ0v) is 24.1. The molecule has 12 heteroatoms. The molecular weight excluding hydrogens is 576 g/mol. The van der Waals surface area contributed by atoms with Gasteiger partial charge in [0.1, 0.15) is 29.1 Å². The SMILES string of the molecule is N#CCC1(n2cc(-c3ncnc4[nH]ccc34)cn2)CN(C2CCN(C(=O)c3ccc(-c4cc(F)cc(C#N)c4)c(F)c3)CC2)C1. The first-order valence-electron chi connectivity index (χ1n) is 14.6. The van der Waals surface area contributed by atoms with Gasteiger partial charge in [-0.2, -0.15) is 15.6 Å². The van der Waals surface area contributed by atoms with Crippen molar-refractivity contribution in [2.24, 2.45) is 0 Å². The number of nitrogens with one attached hydrogen (secondary N) is 1. The summed E-state index contributed by atoms with van der Waals surface area (Å²) in [5.74, 6) is -1.55. The Balaban J connectivity index is 0.994. The average Bonchev–Trinajstić information content (AvgIpc) is 3.73. The van der Waals surface area contributed by atoms with Crippen molar-refractivity contribution in [2.75, 3.05) is 26.2 Å². The number of hydrogen-bond acceptors (Lipinski definition) is 7. The molecule has 0 unspecified atom stereocenters. The molecule has 0 atom stereocenters. The lowest BCUT2D eigenvalue weighted by molar-refractivity contribution is -0.0412. The zero-order valence-electron chi connectivity index (χ0n) is 24.1.